The fraction of sp³-hybridized carbons (Fsp3) is 0.476. The van der Waals surface area contributed by atoms with Gasteiger partial charge in [0.1, 0.15) is 5.82 Å². The van der Waals surface area contributed by atoms with E-state index in [4.69, 9.17) is 26.6 Å². The lowest BCUT2D eigenvalue weighted by Gasteiger charge is -2.39. The van der Waals surface area contributed by atoms with Gasteiger partial charge in [-0.3, -0.25) is 0 Å². The van der Waals surface area contributed by atoms with E-state index in [0.717, 1.165) is 69.7 Å². The van der Waals surface area contributed by atoms with Gasteiger partial charge < -0.3 is 19.4 Å². The van der Waals surface area contributed by atoms with E-state index in [1.165, 1.54) is 0 Å². The number of halogens is 1. The van der Waals surface area contributed by atoms with E-state index in [1.54, 1.807) is 6.07 Å². The van der Waals surface area contributed by atoms with Gasteiger partial charge in [-0.05, 0) is 37.1 Å². The highest BCUT2D eigenvalue weighted by Crippen LogP contribution is 2.30. The molecule has 2 aliphatic heterocycles. The van der Waals surface area contributed by atoms with Crippen molar-refractivity contribution < 1.29 is 4.74 Å². The minimum absolute atomic E-state index is 0.287. The number of piperidine rings is 1. The maximum atomic E-state index is 9.07. The van der Waals surface area contributed by atoms with Gasteiger partial charge >= 0.3 is 0 Å². The highest BCUT2D eigenvalue weighted by atomic mass is 35.5. The first-order chi connectivity index (χ1) is 14.2. The maximum Gasteiger partial charge on any atom is 0.227 e. The number of rotatable bonds is 4. The Hall–Kier alpha value is -2.56. The molecule has 0 N–H and O–H groups in total. The number of nitrogens with zero attached hydrogens (tertiary/aromatic N) is 6. The fourth-order valence-electron chi connectivity index (χ4n) is 3.96. The lowest BCUT2D eigenvalue weighted by Crippen LogP contribution is -2.47. The molecule has 0 spiro atoms. The minimum atomic E-state index is 0.287. The monoisotopic (exact) mass is 412 g/mol. The second-order valence-electron chi connectivity index (χ2n) is 7.45. The normalized spacial score (nSPS) is 19.7. The third-order valence-corrected chi connectivity index (χ3v) is 5.94. The van der Waals surface area contributed by atoms with Crippen LogP contribution in [0.15, 0.2) is 30.5 Å². The number of likely N-dealkylation sites (N-methyl/N-ethyl adjacent to an activating group) is 1. The van der Waals surface area contributed by atoms with Crippen molar-refractivity contribution in [2.75, 3.05) is 61.1 Å². The summed E-state index contributed by atoms with van der Waals surface area (Å²) >= 11 is 6.45. The number of anilines is 3. The second-order valence-corrected chi connectivity index (χ2v) is 7.85. The number of ether oxygens (including phenoxy) is 1. The zero-order valence-corrected chi connectivity index (χ0v) is 17.3. The topological polar surface area (TPSA) is 68.5 Å². The van der Waals surface area contributed by atoms with E-state index in [2.05, 4.69) is 32.8 Å². The van der Waals surface area contributed by atoms with Gasteiger partial charge in [-0.15, -0.1) is 0 Å². The second kappa shape index (κ2) is 8.85. The highest BCUT2D eigenvalue weighted by molar-refractivity contribution is 6.33. The summed E-state index contributed by atoms with van der Waals surface area (Å²) in [6, 6.07) is 9.89. The molecule has 152 valence electrons. The van der Waals surface area contributed by atoms with Crippen LogP contribution in [0.4, 0.5) is 17.5 Å². The van der Waals surface area contributed by atoms with Crippen molar-refractivity contribution in [1.82, 2.24) is 9.97 Å². The molecular formula is C21H25ClN6O. The summed E-state index contributed by atoms with van der Waals surface area (Å²) in [4.78, 5) is 16.0. The first kappa shape index (κ1) is 19.7. The molecule has 2 fully saturated rings. The maximum absolute atomic E-state index is 9.07. The predicted octanol–water partition coefficient (Wildman–Crippen LogP) is 2.94. The van der Waals surface area contributed by atoms with Gasteiger partial charge in [0, 0.05) is 45.5 Å². The van der Waals surface area contributed by atoms with Crippen LogP contribution in [0.5, 0.6) is 0 Å². The molecular weight excluding hydrogens is 388 g/mol. The fourth-order valence-corrected chi connectivity index (χ4v) is 4.26. The summed E-state index contributed by atoms with van der Waals surface area (Å²) in [5.41, 5.74) is 1.56. The van der Waals surface area contributed by atoms with Crippen LogP contribution in [0.3, 0.4) is 0 Å². The van der Waals surface area contributed by atoms with Crippen molar-refractivity contribution in [3.63, 3.8) is 0 Å². The van der Waals surface area contributed by atoms with Crippen LogP contribution in [0, 0.1) is 11.3 Å². The summed E-state index contributed by atoms with van der Waals surface area (Å²) < 4.78 is 5.44. The molecule has 2 saturated heterocycles. The largest absolute Gasteiger partial charge is 0.378 e. The first-order valence-corrected chi connectivity index (χ1v) is 10.4. The Balaban J connectivity index is 1.49. The molecule has 3 heterocycles. The van der Waals surface area contributed by atoms with E-state index in [9.17, 15) is 0 Å². The first-order valence-electron chi connectivity index (χ1n) is 9.99. The van der Waals surface area contributed by atoms with E-state index in [-0.39, 0.29) is 6.04 Å². The Labute approximate surface area is 176 Å². The number of morpholine rings is 1. The van der Waals surface area contributed by atoms with Crippen LogP contribution < -0.4 is 14.7 Å². The van der Waals surface area contributed by atoms with Crippen LogP contribution in [-0.4, -0.2) is 62.5 Å². The van der Waals surface area contributed by atoms with E-state index in [0.29, 0.717) is 10.6 Å². The van der Waals surface area contributed by atoms with Crippen molar-refractivity contribution in [3.05, 3.63) is 41.0 Å². The van der Waals surface area contributed by atoms with Crippen LogP contribution >= 0.6 is 11.6 Å². The molecule has 0 amide bonds. The smallest absolute Gasteiger partial charge is 0.227 e. The van der Waals surface area contributed by atoms with E-state index < -0.39 is 0 Å². The lowest BCUT2D eigenvalue weighted by molar-refractivity contribution is 0.122. The molecule has 2 aliphatic rings. The Bertz CT molecular complexity index is 895. The summed E-state index contributed by atoms with van der Waals surface area (Å²) in [5.74, 6) is 1.69. The quantitative estimate of drug-likeness (QED) is 0.764. The van der Waals surface area contributed by atoms with Crippen molar-refractivity contribution in [3.8, 4) is 6.07 Å². The summed E-state index contributed by atoms with van der Waals surface area (Å²) in [7, 11) is 2.06. The van der Waals surface area contributed by atoms with E-state index in [1.807, 2.05) is 24.4 Å². The number of benzene rings is 1. The van der Waals surface area contributed by atoms with Crippen molar-refractivity contribution >= 4 is 29.1 Å². The Kier molecular flexibility index (Phi) is 6.02. The van der Waals surface area contributed by atoms with Crippen molar-refractivity contribution in [2.45, 2.75) is 18.9 Å². The van der Waals surface area contributed by atoms with Crippen LogP contribution in [-0.2, 0) is 4.74 Å². The van der Waals surface area contributed by atoms with Crippen molar-refractivity contribution in [1.29, 1.82) is 5.26 Å². The van der Waals surface area contributed by atoms with Gasteiger partial charge in [0.25, 0.3) is 0 Å². The molecule has 1 aromatic heterocycles. The van der Waals surface area contributed by atoms with Gasteiger partial charge in [0.15, 0.2) is 0 Å². The molecule has 0 saturated carbocycles. The number of hydrogen-bond acceptors (Lipinski definition) is 7. The SMILES string of the molecule is CN(c1nccc(N2CCOCC2)n1)C1CCCN(c2ccc(C#N)cc2Cl)C1. The molecule has 1 unspecified atom stereocenters. The Morgan fingerprint density at radius 2 is 2.03 bits per heavy atom. The zero-order chi connectivity index (χ0) is 20.2. The average Bonchev–Trinajstić information content (AvgIpc) is 2.79. The van der Waals surface area contributed by atoms with Crippen LogP contribution in [0.1, 0.15) is 18.4 Å². The van der Waals surface area contributed by atoms with E-state index >= 15 is 0 Å². The minimum Gasteiger partial charge on any atom is -0.378 e. The van der Waals surface area contributed by atoms with Gasteiger partial charge in [-0.1, -0.05) is 11.6 Å². The molecule has 1 aromatic carbocycles. The van der Waals surface area contributed by atoms with Crippen LogP contribution in [0.2, 0.25) is 5.02 Å². The lowest BCUT2D eigenvalue weighted by atomic mass is 10.0. The van der Waals surface area contributed by atoms with Gasteiger partial charge in [-0.2, -0.15) is 10.2 Å². The third-order valence-electron chi connectivity index (χ3n) is 5.64. The summed E-state index contributed by atoms with van der Waals surface area (Å²) in [6.45, 7) is 4.97. The highest BCUT2D eigenvalue weighted by Gasteiger charge is 2.26. The zero-order valence-electron chi connectivity index (χ0n) is 16.6. The number of aromatic nitrogens is 2. The number of hydrogen-bond donors (Lipinski definition) is 0. The summed E-state index contributed by atoms with van der Waals surface area (Å²) in [6.07, 6.45) is 3.97. The molecule has 29 heavy (non-hydrogen) atoms. The average molecular weight is 413 g/mol. The third kappa shape index (κ3) is 4.39. The summed E-state index contributed by atoms with van der Waals surface area (Å²) in [5, 5.41) is 9.69. The molecule has 0 aliphatic carbocycles. The van der Waals surface area contributed by atoms with Crippen LogP contribution in [0.25, 0.3) is 0 Å². The number of nitriles is 1. The Morgan fingerprint density at radius 3 is 2.79 bits per heavy atom. The molecule has 2 aromatic rings. The molecule has 7 nitrogen and oxygen atoms in total. The predicted molar refractivity (Wildman–Crippen MR) is 115 cm³/mol. The van der Waals surface area contributed by atoms with Gasteiger partial charge in [0.2, 0.25) is 5.95 Å². The molecule has 8 heteroatoms. The van der Waals surface area contributed by atoms with Gasteiger partial charge in [0.05, 0.1) is 35.6 Å². The Morgan fingerprint density at radius 1 is 1.21 bits per heavy atom. The standard InChI is InChI=1S/C21H25ClN6O/c1-26(21-24-7-6-20(25-21)27-9-11-29-12-10-27)17-3-2-8-28(15-17)19-5-4-16(14-23)13-18(19)22/h4-7,13,17H,2-3,8-12,15H2,1H3. The van der Waals surface area contributed by atoms with Crippen molar-refractivity contribution in [2.24, 2.45) is 0 Å². The molecule has 0 radical (unpaired) electrons. The van der Waals surface area contributed by atoms with Gasteiger partial charge in [-0.25, -0.2) is 4.98 Å². The molecule has 0 bridgehead atoms. The molecule has 1 atom stereocenters. The molecule has 4 rings (SSSR count).